The second-order valence-corrected chi connectivity index (χ2v) is 33.5. The van der Waals surface area contributed by atoms with Gasteiger partial charge in [-0.25, -0.2) is 0 Å². The molecule has 0 aromatic rings. The van der Waals surface area contributed by atoms with Gasteiger partial charge in [0.25, 0.3) is 0 Å². The maximum absolute atomic E-state index is 4.03. The lowest BCUT2D eigenvalue weighted by Crippen LogP contribution is -2.36. The van der Waals surface area contributed by atoms with E-state index in [2.05, 4.69) is 84.2 Å². The van der Waals surface area contributed by atoms with Crippen LogP contribution in [0.2, 0.25) is 99.7 Å². The topological polar surface area (TPSA) is 0 Å². The average molecular weight is 495 g/mol. The lowest BCUT2D eigenvalue weighted by atomic mass is 10.5. The molecule has 0 aliphatic carbocycles. The fourth-order valence-corrected chi connectivity index (χ4v) is 18.3. The molecule has 0 nitrogen and oxygen atoms in total. The monoisotopic (exact) mass is 494 g/mol. The van der Waals surface area contributed by atoms with E-state index in [9.17, 15) is 0 Å². The summed E-state index contributed by atoms with van der Waals surface area (Å²) in [5.74, 6) is 0. The first-order chi connectivity index (χ1) is 14.4. The van der Waals surface area contributed by atoms with E-state index >= 15 is 0 Å². The van der Waals surface area contributed by atoms with Gasteiger partial charge in [-0.2, -0.15) is 0 Å². The molecular weight excluding hydrogens is 437 g/mol. The van der Waals surface area contributed by atoms with Gasteiger partial charge < -0.3 is 0 Å². The molecule has 0 heterocycles. The Bertz CT molecular complexity index is 450. The fourth-order valence-electron chi connectivity index (χ4n) is 5.58. The summed E-state index contributed by atoms with van der Waals surface area (Å²) in [6.45, 7) is 30.0. The Hall–Kier alpha value is 0.0875. The molecule has 0 aromatic heterocycles. The Morgan fingerprint density at radius 1 is 0.484 bits per heavy atom. The van der Waals surface area contributed by atoms with Crippen molar-refractivity contribution in [3.05, 3.63) is 38.0 Å². The van der Waals surface area contributed by atoms with Crippen LogP contribution in [0, 0.1) is 0 Å². The van der Waals surface area contributed by atoms with E-state index in [1.807, 2.05) is 0 Å². The van der Waals surface area contributed by atoms with Crippen LogP contribution in [0.4, 0.5) is 0 Å². The second-order valence-electron chi connectivity index (χ2n) is 12.8. The fraction of sp³-hybridized carbons (Fsp3) is 0.778. The summed E-state index contributed by atoms with van der Waals surface area (Å²) in [6.07, 6.45) is 12.5. The number of allylic oxidation sites excluding steroid dienone is 3. The van der Waals surface area contributed by atoms with Gasteiger partial charge in [-0.1, -0.05) is 132 Å². The van der Waals surface area contributed by atoms with Crippen LogP contribution >= 0.6 is 0 Å². The zero-order chi connectivity index (χ0) is 24.0. The molecule has 0 rings (SSSR count). The smallest absolute Gasteiger partial charge is 0.0535 e. The molecule has 182 valence electrons. The lowest BCUT2D eigenvalue weighted by molar-refractivity contribution is 0.865. The van der Waals surface area contributed by atoms with Crippen LogP contribution in [-0.4, -0.2) is 32.3 Å². The SMILES string of the molecule is C=CC[Si](C)(C)CCC[Si](CCC)(CCC[Si](C)(C)CC=C)CCC[Si](C)(C)CC=C. The average Bonchev–Trinajstić information content (AvgIpc) is 2.61. The first kappa shape index (κ1) is 31.1. The van der Waals surface area contributed by atoms with Crippen molar-refractivity contribution in [3.8, 4) is 0 Å². The normalized spacial score (nSPS) is 13.3. The standard InChI is InChI=1S/C27H58Si4/c1-11-18-28(5,6)22-15-25-31(21-14-4,26-16-23-29(7,8)19-12-2)27-17-24-30(9,10)20-13-3/h11-13H,1-3,14-27H2,4-10H3. The van der Waals surface area contributed by atoms with Gasteiger partial charge in [0.05, 0.1) is 32.3 Å². The minimum absolute atomic E-state index is 1.07. The van der Waals surface area contributed by atoms with E-state index < -0.39 is 32.3 Å². The highest BCUT2D eigenvalue weighted by atomic mass is 28.3. The molecule has 0 unspecified atom stereocenters. The predicted molar refractivity (Wildman–Crippen MR) is 161 cm³/mol. The van der Waals surface area contributed by atoms with Gasteiger partial charge in [-0.05, 0) is 18.1 Å². The van der Waals surface area contributed by atoms with Crippen molar-refractivity contribution < 1.29 is 0 Å². The molecule has 0 fully saturated rings. The molecule has 0 saturated heterocycles. The Morgan fingerprint density at radius 3 is 1.00 bits per heavy atom. The van der Waals surface area contributed by atoms with Crippen LogP contribution in [0.3, 0.4) is 0 Å². The van der Waals surface area contributed by atoms with Crippen LogP contribution in [0.1, 0.15) is 32.6 Å². The molecule has 0 aliphatic rings. The third-order valence-corrected chi connectivity index (χ3v) is 22.7. The first-order valence-electron chi connectivity index (χ1n) is 13.2. The maximum Gasteiger partial charge on any atom is 0.0535 e. The Labute approximate surface area is 202 Å². The van der Waals surface area contributed by atoms with Crippen LogP contribution in [0.15, 0.2) is 38.0 Å². The number of rotatable bonds is 20. The Kier molecular flexibility index (Phi) is 15.1. The van der Waals surface area contributed by atoms with Crippen LogP contribution in [-0.2, 0) is 0 Å². The Morgan fingerprint density at radius 2 is 0.774 bits per heavy atom. The van der Waals surface area contributed by atoms with Gasteiger partial charge in [-0.3, -0.25) is 0 Å². The summed E-state index contributed by atoms with van der Waals surface area (Å²) < 4.78 is 0. The third-order valence-electron chi connectivity index (χ3n) is 7.55. The molecule has 0 aromatic carbocycles. The number of hydrogen-bond acceptors (Lipinski definition) is 0. The summed E-state index contributed by atoms with van der Waals surface area (Å²) in [6, 6.07) is 14.8. The third kappa shape index (κ3) is 14.8. The zero-order valence-electron chi connectivity index (χ0n) is 22.8. The van der Waals surface area contributed by atoms with Crippen molar-refractivity contribution in [1.82, 2.24) is 0 Å². The van der Waals surface area contributed by atoms with Crippen molar-refractivity contribution in [2.75, 3.05) is 0 Å². The van der Waals surface area contributed by atoms with E-state index in [1.54, 1.807) is 24.2 Å². The summed E-state index contributed by atoms with van der Waals surface area (Å²) in [5.41, 5.74) is 0. The van der Waals surface area contributed by atoms with Crippen LogP contribution < -0.4 is 0 Å². The van der Waals surface area contributed by atoms with Crippen molar-refractivity contribution in [3.63, 3.8) is 0 Å². The molecule has 0 aliphatic heterocycles. The summed E-state index contributed by atoms with van der Waals surface area (Å²) in [7, 11) is -4.40. The number of hydrogen-bond donors (Lipinski definition) is 0. The summed E-state index contributed by atoms with van der Waals surface area (Å²) in [4.78, 5) is 0. The van der Waals surface area contributed by atoms with E-state index in [0.717, 1.165) is 0 Å². The van der Waals surface area contributed by atoms with Gasteiger partial charge in [0, 0.05) is 0 Å². The molecule has 0 bridgehead atoms. The molecule has 0 saturated carbocycles. The van der Waals surface area contributed by atoms with Gasteiger partial charge in [0.1, 0.15) is 0 Å². The van der Waals surface area contributed by atoms with E-state index in [1.165, 1.54) is 61.9 Å². The quantitative estimate of drug-likeness (QED) is 0.116. The van der Waals surface area contributed by atoms with Gasteiger partial charge in [0.15, 0.2) is 0 Å². The zero-order valence-corrected chi connectivity index (χ0v) is 26.8. The molecule has 4 heteroatoms. The van der Waals surface area contributed by atoms with Gasteiger partial charge in [-0.15, -0.1) is 19.7 Å². The molecule has 0 radical (unpaired) electrons. The largest absolute Gasteiger partial charge is 0.103 e. The molecule has 0 N–H and O–H groups in total. The first-order valence-corrected chi connectivity index (χ1v) is 26.3. The van der Waals surface area contributed by atoms with E-state index in [4.69, 9.17) is 0 Å². The molecular formula is C27H58Si4. The maximum atomic E-state index is 4.03. The molecule has 31 heavy (non-hydrogen) atoms. The van der Waals surface area contributed by atoms with Crippen LogP contribution in [0.5, 0.6) is 0 Å². The highest BCUT2D eigenvalue weighted by Gasteiger charge is 2.33. The molecule has 0 atom stereocenters. The van der Waals surface area contributed by atoms with Gasteiger partial charge in [0.2, 0.25) is 0 Å². The minimum atomic E-state index is -1.17. The summed E-state index contributed by atoms with van der Waals surface area (Å²) in [5, 5.41) is 0. The lowest BCUT2D eigenvalue weighted by Gasteiger charge is -2.35. The highest BCUT2D eigenvalue weighted by molar-refractivity contribution is 6.82. The van der Waals surface area contributed by atoms with Crippen molar-refractivity contribution in [2.45, 2.75) is 132 Å². The van der Waals surface area contributed by atoms with Gasteiger partial charge >= 0.3 is 0 Å². The minimum Gasteiger partial charge on any atom is -0.103 e. The summed E-state index contributed by atoms with van der Waals surface area (Å²) >= 11 is 0. The van der Waals surface area contributed by atoms with Crippen molar-refractivity contribution in [1.29, 1.82) is 0 Å². The van der Waals surface area contributed by atoms with E-state index in [-0.39, 0.29) is 0 Å². The second kappa shape index (κ2) is 15.1. The van der Waals surface area contributed by atoms with Crippen molar-refractivity contribution >= 4 is 32.3 Å². The Balaban J connectivity index is 5.22. The van der Waals surface area contributed by atoms with Crippen LogP contribution in [0.25, 0.3) is 0 Å². The van der Waals surface area contributed by atoms with Crippen molar-refractivity contribution in [2.24, 2.45) is 0 Å². The predicted octanol–water partition coefficient (Wildman–Crippen LogP) is 10.7. The van der Waals surface area contributed by atoms with E-state index in [0.29, 0.717) is 0 Å². The molecule has 0 amide bonds. The molecule has 0 spiro atoms. The highest BCUT2D eigenvalue weighted by Crippen LogP contribution is 2.37.